The molecule has 0 radical (unpaired) electrons. The number of halogens is 1. The van der Waals surface area contributed by atoms with Crippen molar-refractivity contribution in [3.05, 3.63) is 87.9 Å². The number of rotatable bonds is 7. The number of nitrogens with zero attached hydrogens (tertiary/aromatic N) is 1. The van der Waals surface area contributed by atoms with Crippen LogP contribution in [0.3, 0.4) is 0 Å². The first-order valence-corrected chi connectivity index (χ1v) is 9.86. The molecule has 0 saturated heterocycles. The van der Waals surface area contributed by atoms with Gasteiger partial charge in [0.2, 0.25) is 0 Å². The van der Waals surface area contributed by atoms with Crippen LogP contribution < -0.4 is 10.1 Å². The van der Waals surface area contributed by atoms with Crippen molar-refractivity contribution in [2.45, 2.75) is 13.8 Å². The third kappa shape index (κ3) is 6.17. The van der Waals surface area contributed by atoms with Gasteiger partial charge >= 0.3 is 5.97 Å². The molecule has 3 aromatic rings. The summed E-state index contributed by atoms with van der Waals surface area (Å²) in [5.74, 6) is -0.813. The van der Waals surface area contributed by atoms with Crippen molar-refractivity contribution in [1.29, 1.82) is 0 Å². The molecule has 2 N–H and O–H groups in total. The van der Waals surface area contributed by atoms with E-state index in [1.165, 1.54) is 18.2 Å². The molecule has 6 nitrogen and oxygen atoms in total. The molecule has 31 heavy (non-hydrogen) atoms. The van der Waals surface area contributed by atoms with Crippen molar-refractivity contribution in [1.82, 2.24) is 0 Å². The van der Waals surface area contributed by atoms with Gasteiger partial charge in [-0.1, -0.05) is 29.8 Å². The van der Waals surface area contributed by atoms with E-state index in [-0.39, 0.29) is 18.1 Å². The zero-order chi connectivity index (χ0) is 22.4. The molecule has 0 aromatic heterocycles. The number of hydrogen-bond acceptors (Lipinski definition) is 4. The second kappa shape index (κ2) is 9.91. The summed E-state index contributed by atoms with van der Waals surface area (Å²) in [5.41, 5.74) is 4.13. The fourth-order valence-corrected chi connectivity index (χ4v) is 2.90. The van der Waals surface area contributed by atoms with Crippen LogP contribution in [0.15, 0.2) is 65.7 Å². The lowest BCUT2D eigenvalue weighted by atomic mass is 10.1. The van der Waals surface area contributed by atoms with E-state index in [0.29, 0.717) is 22.0 Å². The van der Waals surface area contributed by atoms with E-state index < -0.39 is 5.97 Å². The zero-order valence-corrected chi connectivity index (χ0v) is 17.8. The van der Waals surface area contributed by atoms with Crippen molar-refractivity contribution in [2.24, 2.45) is 4.99 Å². The van der Waals surface area contributed by atoms with Crippen LogP contribution in [-0.2, 0) is 4.79 Å². The number of amides is 1. The molecule has 0 bridgehead atoms. The van der Waals surface area contributed by atoms with E-state index in [4.69, 9.17) is 21.4 Å². The van der Waals surface area contributed by atoms with Gasteiger partial charge in [0.1, 0.15) is 5.75 Å². The summed E-state index contributed by atoms with van der Waals surface area (Å²) >= 11 is 6.09. The molecular formula is C24H21ClN2O4. The molecule has 0 saturated carbocycles. The fourth-order valence-electron chi connectivity index (χ4n) is 2.74. The molecule has 158 valence electrons. The minimum absolute atomic E-state index is 0.100. The predicted octanol–water partition coefficient (Wildman–Crippen LogP) is 5.42. The topological polar surface area (TPSA) is 88.0 Å². The number of benzene rings is 3. The van der Waals surface area contributed by atoms with E-state index >= 15 is 0 Å². The zero-order valence-electron chi connectivity index (χ0n) is 17.1. The highest BCUT2D eigenvalue weighted by Gasteiger charge is 2.07. The standard InChI is InChI=1S/C24H21ClN2O4/c1-15-6-8-19(10-16(15)2)27-23(28)14-31-20-5-3-4-17(11-20)13-26-22-12-18(24(29)30)7-9-21(22)25/h3-13H,14H2,1-2H3,(H,27,28)(H,29,30). The molecule has 0 aliphatic rings. The van der Waals surface area contributed by atoms with Gasteiger partial charge in [-0.15, -0.1) is 0 Å². The summed E-state index contributed by atoms with van der Waals surface area (Å²) in [6, 6.07) is 17.1. The fraction of sp³-hybridized carbons (Fsp3) is 0.125. The first-order chi connectivity index (χ1) is 14.8. The smallest absolute Gasteiger partial charge is 0.335 e. The van der Waals surface area contributed by atoms with Crippen molar-refractivity contribution in [3.63, 3.8) is 0 Å². The number of carboxylic acids is 1. The molecule has 0 unspecified atom stereocenters. The van der Waals surface area contributed by atoms with Gasteiger partial charge in [0.15, 0.2) is 6.61 Å². The molecule has 3 aromatic carbocycles. The Labute approximate surface area is 185 Å². The molecular weight excluding hydrogens is 416 g/mol. The van der Waals surface area contributed by atoms with Gasteiger partial charge in [0.05, 0.1) is 16.3 Å². The average molecular weight is 437 g/mol. The van der Waals surface area contributed by atoms with Crippen LogP contribution in [-0.4, -0.2) is 29.8 Å². The Morgan fingerprint density at radius 1 is 1.06 bits per heavy atom. The number of carbonyl (C=O) groups excluding carboxylic acids is 1. The second-order valence-corrected chi connectivity index (χ2v) is 7.35. The second-order valence-electron chi connectivity index (χ2n) is 6.94. The van der Waals surface area contributed by atoms with E-state index in [1.807, 2.05) is 32.0 Å². The highest BCUT2D eigenvalue weighted by Crippen LogP contribution is 2.26. The summed E-state index contributed by atoms with van der Waals surface area (Å²) in [4.78, 5) is 27.6. The molecule has 0 spiro atoms. The minimum atomic E-state index is -1.05. The first kappa shape index (κ1) is 22.1. The maximum absolute atomic E-state index is 12.2. The van der Waals surface area contributed by atoms with Gasteiger partial charge in [-0.05, 0) is 73.0 Å². The van der Waals surface area contributed by atoms with Crippen LogP contribution >= 0.6 is 11.6 Å². The van der Waals surface area contributed by atoms with Gasteiger partial charge < -0.3 is 15.2 Å². The Morgan fingerprint density at radius 2 is 1.87 bits per heavy atom. The number of aryl methyl sites for hydroxylation is 2. The van der Waals surface area contributed by atoms with Crippen LogP contribution in [0.4, 0.5) is 11.4 Å². The van der Waals surface area contributed by atoms with Crippen LogP contribution in [0.1, 0.15) is 27.0 Å². The molecule has 3 rings (SSSR count). The number of carboxylic acid groups (broad SMARTS) is 1. The number of hydrogen-bond donors (Lipinski definition) is 2. The Balaban J connectivity index is 1.63. The van der Waals surface area contributed by atoms with E-state index in [2.05, 4.69) is 10.3 Å². The van der Waals surface area contributed by atoms with Gasteiger partial charge in [-0.2, -0.15) is 0 Å². The number of anilines is 1. The van der Waals surface area contributed by atoms with Gasteiger partial charge in [0.25, 0.3) is 5.91 Å². The van der Waals surface area contributed by atoms with Crippen molar-refractivity contribution < 1.29 is 19.4 Å². The normalized spacial score (nSPS) is 10.8. The van der Waals surface area contributed by atoms with Crippen LogP contribution in [0.2, 0.25) is 5.02 Å². The number of ether oxygens (including phenoxy) is 1. The Kier molecular flexibility index (Phi) is 7.05. The molecule has 0 aliphatic carbocycles. The van der Waals surface area contributed by atoms with Crippen molar-refractivity contribution in [3.8, 4) is 5.75 Å². The summed E-state index contributed by atoms with van der Waals surface area (Å²) in [7, 11) is 0. The largest absolute Gasteiger partial charge is 0.484 e. The summed E-state index contributed by atoms with van der Waals surface area (Å²) in [6.07, 6.45) is 1.55. The Morgan fingerprint density at radius 3 is 2.61 bits per heavy atom. The Hall–Kier alpha value is -3.64. The first-order valence-electron chi connectivity index (χ1n) is 9.49. The predicted molar refractivity (Wildman–Crippen MR) is 122 cm³/mol. The maximum Gasteiger partial charge on any atom is 0.335 e. The number of carbonyl (C=O) groups is 2. The molecule has 7 heteroatoms. The minimum Gasteiger partial charge on any atom is -0.484 e. The van der Waals surface area contributed by atoms with Crippen LogP contribution in [0.5, 0.6) is 5.75 Å². The molecule has 0 heterocycles. The highest BCUT2D eigenvalue weighted by atomic mass is 35.5. The summed E-state index contributed by atoms with van der Waals surface area (Å²) in [5, 5.41) is 12.3. The third-order valence-electron chi connectivity index (χ3n) is 4.56. The number of aromatic carboxylic acids is 1. The molecule has 0 atom stereocenters. The number of aliphatic imine (C=N–C) groups is 1. The maximum atomic E-state index is 12.2. The van der Waals surface area contributed by atoms with Gasteiger partial charge in [-0.25, -0.2) is 4.79 Å². The van der Waals surface area contributed by atoms with Crippen molar-refractivity contribution >= 4 is 41.1 Å². The molecule has 0 fully saturated rings. The van der Waals surface area contributed by atoms with Gasteiger partial charge in [-0.3, -0.25) is 9.79 Å². The van der Waals surface area contributed by atoms with Crippen LogP contribution in [0, 0.1) is 13.8 Å². The molecule has 0 aliphatic heterocycles. The van der Waals surface area contributed by atoms with E-state index in [9.17, 15) is 9.59 Å². The van der Waals surface area contributed by atoms with Crippen molar-refractivity contribution in [2.75, 3.05) is 11.9 Å². The van der Waals surface area contributed by atoms with E-state index in [0.717, 1.165) is 16.8 Å². The quantitative estimate of drug-likeness (QED) is 0.484. The number of nitrogens with one attached hydrogen (secondary N) is 1. The third-order valence-corrected chi connectivity index (χ3v) is 4.88. The van der Waals surface area contributed by atoms with E-state index in [1.54, 1.807) is 30.5 Å². The highest BCUT2D eigenvalue weighted by molar-refractivity contribution is 6.33. The lowest BCUT2D eigenvalue weighted by molar-refractivity contribution is -0.118. The summed E-state index contributed by atoms with van der Waals surface area (Å²) in [6.45, 7) is 3.86. The van der Waals surface area contributed by atoms with Gasteiger partial charge in [0, 0.05) is 11.9 Å². The Bertz CT molecular complexity index is 1160. The molecule has 1 amide bonds. The monoisotopic (exact) mass is 436 g/mol. The lowest BCUT2D eigenvalue weighted by Gasteiger charge is -2.09. The lowest BCUT2D eigenvalue weighted by Crippen LogP contribution is -2.20. The summed E-state index contributed by atoms with van der Waals surface area (Å²) < 4.78 is 5.58. The average Bonchev–Trinajstić information content (AvgIpc) is 2.74. The van der Waals surface area contributed by atoms with Crippen LogP contribution in [0.25, 0.3) is 0 Å². The SMILES string of the molecule is Cc1ccc(NC(=O)COc2cccc(C=Nc3cc(C(=O)O)ccc3Cl)c2)cc1C.